The van der Waals surface area contributed by atoms with E-state index < -0.39 is 5.82 Å². The summed E-state index contributed by atoms with van der Waals surface area (Å²) in [6.07, 6.45) is 0.565. The van der Waals surface area contributed by atoms with Crippen molar-refractivity contribution in [3.63, 3.8) is 0 Å². The molecule has 2 rings (SSSR count). The lowest BCUT2D eigenvalue weighted by molar-refractivity contribution is -0.128. The maximum absolute atomic E-state index is 13.3. The minimum atomic E-state index is -0.517. The van der Waals surface area contributed by atoms with Crippen molar-refractivity contribution in [1.82, 2.24) is 4.90 Å². The van der Waals surface area contributed by atoms with E-state index in [1.807, 2.05) is 6.07 Å². The van der Waals surface area contributed by atoms with Crippen molar-refractivity contribution in [1.29, 1.82) is 5.26 Å². The van der Waals surface area contributed by atoms with Crippen LogP contribution in [0.5, 0.6) is 0 Å². The van der Waals surface area contributed by atoms with E-state index in [0.717, 1.165) is 12.1 Å². The Bertz CT molecular complexity index is 569. The maximum atomic E-state index is 13.3. The summed E-state index contributed by atoms with van der Waals surface area (Å²) in [6, 6.07) is 6.27. The molecule has 1 aromatic carbocycles. The van der Waals surface area contributed by atoms with Crippen LogP contribution in [0.3, 0.4) is 0 Å². The van der Waals surface area contributed by atoms with Crippen molar-refractivity contribution >= 4 is 5.91 Å². The Labute approximate surface area is 119 Å². The molecule has 3 nitrogen and oxygen atoms in total. The summed E-state index contributed by atoms with van der Waals surface area (Å²) in [7, 11) is 0. The van der Waals surface area contributed by atoms with Crippen LogP contribution in [0.1, 0.15) is 38.3 Å². The van der Waals surface area contributed by atoms with E-state index in [0.29, 0.717) is 18.9 Å². The molecule has 1 aromatic rings. The van der Waals surface area contributed by atoms with Gasteiger partial charge in [-0.05, 0) is 29.0 Å². The number of hydrogen-bond donors (Lipinski definition) is 0. The molecule has 0 N–H and O–H groups in total. The highest BCUT2D eigenvalue weighted by molar-refractivity contribution is 5.78. The number of amides is 1. The Morgan fingerprint density at radius 1 is 1.45 bits per heavy atom. The number of benzene rings is 1. The summed E-state index contributed by atoms with van der Waals surface area (Å²) in [5, 5.41) is 8.83. The smallest absolute Gasteiger partial charge is 0.223 e. The van der Waals surface area contributed by atoms with Gasteiger partial charge in [0, 0.05) is 19.5 Å². The monoisotopic (exact) mass is 274 g/mol. The molecular weight excluding hydrogens is 255 g/mol. The fourth-order valence-corrected chi connectivity index (χ4v) is 2.48. The number of halogens is 1. The molecule has 1 aliphatic rings. The summed E-state index contributed by atoms with van der Waals surface area (Å²) < 4.78 is 13.3. The highest BCUT2D eigenvalue weighted by Gasteiger charge is 2.36. The van der Waals surface area contributed by atoms with Gasteiger partial charge in [-0.2, -0.15) is 5.26 Å². The van der Waals surface area contributed by atoms with Gasteiger partial charge >= 0.3 is 0 Å². The van der Waals surface area contributed by atoms with Crippen LogP contribution in [0.4, 0.5) is 4.39 Å². The van der Waals surface area contributed by atoms with Gasteiger partial charge in [0.2, 0.25) is 5.91 Å². The zero-order chi connectivity index (χ0) is 14.9. The van der Waals surface area contributed by atoms with Crippen molar-refractivity contribution in [2.45, 2.75) is 33.7 Å². The molecule has 1 atom stereocenters. The number of rotatable bonds is 2. The molecule has 4 heteroatoms. The first-order valence-corrected chi connectivity index (χ1v) is 6.77. The van der Waals surface area contributed by atoms with Crippen molar-refractivity contribution in [3.05, 3.63) is 35.1 Å². The van der Waals surface area contributed by atoms with E-state index in [9.17, 15) is 9.18 Å². The third kappa shape index (κ3) is 2.98. The summed E-state index contributed by atoms with van der Waals surface area (Å²) in [5.41, 5.74) is 0.928. The van der Waals surface area contributed by atoms with E-state index in [2.05, 4.69) is 20.8 Å². The number of nitriles is 1. The Hall–Kier alpha value is -1.89. The lowest BCUT2D eigenvalue weighted by Crippen LogP contribution is -2.27. The Morgan fingerprint density at radius 3 is 2.70 bits per heavy atom. The summed E-state index contributed by atoms with van der Waals surface area (Å²) in [6.45, 7) is 7.59. The van der Waals surface area contributed by atoms with Crippen LogP contribution in [0.15, 0.2) is 18.2 Å². The maximum Gasteiger partial charge on any atom is 0.223 e. The van der Waals surface area contributed by atoms with Crippen molar-refractivity contribution < 1.29 is 9.18 Å². The molecule has 0 saturated carbocycles. The molecule has 0 spiro atoms. The van der Waals surface area contributed by atoms with Gasteiger partial charge < -0.3 is 4.90 Å². The molecule has 1 saturated heterocycles. The van der Waals surface area contributed by atoms with Gasteiger partial charge in [-0.3, -0.25) is 4.79 Å². The Morgan fingerprint density at radius 2 is 2.15 bits per heavy atom. The van der Waals surface area contributed by atoms with Crippen molar-refractivity contribution in [3.8, 4) is 6.07 Å². The molecule has 0 bridgehead atoms. The number of nitrogens with zero attached hydrogens (tertiary/aromatic N) is 2. The zero-order valence-corrected chi connectivity index (χ0v) is 12.1. The molecule has 1 unspecified atom stereocenters. The van der Waals surface area contributed by atoms with Crippen LogP contribution in [0.25, 0.3) is 0 Å². The fourth-order valence-electron chi connectivity index (χ4n) is 2.48. The standard InChI is InChI=1S/C16H19FN2O/c1-16(2,3)13-7-15(20)19(10-13)9-11-4-5-14(17)12(6-11)8-18/h4-6,13H,7,9-10H2,1-3H3. The van der Waals surface area contributed by atoms with Gasteiger partial charge in [-0.25, -0.2) is 4.39 Å². The summed E-state index contributed by atoms with van der Waals surface area (Å²) >= 11 is 0. The topological polar surface area (TPSA) is 44.1 Å². The number of carbonyl (C=O) groups is 1. The van der Waals surface area contributed by atoms with E-state index in [1.165, 1.54) is 12.1 Å². The average Bonchev–Trinajstić information content (AvgIpc) is 2.73. The van der Waals surface area contributed by atoms with E-state index >= 15 is 0 Å². The molecule has 1 fully saturated rings. The molecule has 20 heavy (non-hydrogen) atoms. The first-order chi connectivity index (χ1) is 9.31. The third-order valence-corrected chi connectivity index (χ3v) is 3.96. The van der Waals surface area contributed by atoms with Crippen molar-refractivity contribution in [2.75, 3.05) is 6.54 Å². The SMILES string of the molecule is CC(C)(C)C1CC(=O)N(Cc2ccc(F)c(C#N)c2)C1. The highest BCUT2D eigenvalue weighted by Crippen LogP contribution is 2.34. The minimum absolute atomic E-state index is 0.0292. The molecule has 0 aliphatic carbocycles. The lowest BCUT2D eigenvalue weighted by atomic mass is 9.80. The molecular formula is C16H19FN2O. The second kappa shape index (κ2) is 5.24. The first-order valence-electron chi connectivity index (χ1n) is 6.77. The van der Waals surface area contributed by atoms with Crippen LogP contribution in [-0.2, 0) is 11.3 Å². The summed E-state index contributed by atoms with van der Waals surface area (Å²) in [4.78, 5) is 13.8. The normalized spacial score (nSPS) is 19.2. The predicted molar refractivity (Wildman–Crippen MR) is 74.1 cm³/mol. The second-order valence-electron chi connectivity index (χ2n) is 6.47. The van der Waals surface area contributed by atoms with E-state index in [1.54, 1.807) is 11.0 Å². The van der Waals surface area contributed by atoms with Crippen LogP contribution >= 0.6 is 0 Å². The van der Waals surface area contributed by atoms with Crippen LogP contribution in [0, 0.1) is 28.5 Å². The number of hydrogen-bond acceptors (Lipinski definition) is 2. The van der Waals surface area contributed by atoms with Crippen LogP contribution < -0.4 is 0 Å². The van der Waals surface area contributed by atoms with Crippen LogP contribution in [0.2, 0.25) is 0 Å². The predicted octanol–water partition coefficient (Wildman–Crippen LogP) is 3.09. The Balaban J connectivity index is 2.12. The van der Waals surface area contributed by atoms with Gasteiger partial charge in [0.05, 0.1) is 5.56 Å². The molecule has 0 radical (unpaired) electrons. The summed E-state index contributed by atoms with van der Waals surface area (Å²) in [5.74, 6) is -0.0461. The number of carbonyl (C=O) groups excluding carboxylic acids is 1. The van der Waals surface area contributed by atoms with Gasteiger partial charge in [-0.1, -0.05) is 26.8 Å². The molecule has 1 heterocycles. The zero-order valence-electron chi connectivity index (χ0n) is 12.1. The van der Waals surface area contributed by atoms with E-state index in [4.69, 9.17) is 5.26 Å². The van der Waals surface area contributed by atoms with Gasteiger partial charge in [0.1, 0.15) is 11.9 Å². The van der Waals surface area contributed by atoms with Crippen molar-refractivity contribution in [2.24, 2.45) is 11.3 Å². The van der Waals surface area contributed by atoms with Gasteiger partial charge in [0.25, 0.3) is 0 Å². The van der Waals surface area contributed by atoms with Gasteiger partial charge in [0.15, 0.2) is 0 Å². The molecule has 1 amide bonds. The second-order valence-corrected chi connectivity index (χ2v) is 6.47. The first kappa shape index (κ1) is 14.5. The number of likely N-dealkylation sites (tertiary alicyclic amines) is 1. The quantitative estimate of drug-likeness (QED) is 0.831. The van der Waals surface area contributed by atoms with E-state index in [-0.39, 0.29) is 16.9 Å². The third-order valence-electron chi connectivity index (χ3n) is 3.96. The van der Waals surface area contributed by atoms with Gasteiger partial charge in [-0.15, -0.1) is 0 Å². The van der Waals surface area contributed by atoms with Crippen LogP contribution in [-0.4, -0.2) is 17.4 Å². The highest BCUT2D eigenvalue weighted by atomic mass is 19.1. The fraction of sp³-hybridized carbons (Fsp3) is 0.500. The Kier molecular flexibility index (Phi) is 3.80. The minimum Gasteiger partial charge on any atom is -0.338 e. The largest absolute Gasteiger partial charge is 0.338 e. The average molecular weight is 274 g/mol. The molecule has 1 aliphatic heterocycles. The molecule has 106 valence electrons. The molecule has 0 aromatic heterocycles. The lowest BCUT2D eigenvalue weighted by Gasteiger charge is -2.26.